The Kier molecular flexibility index (Phi) is 3.94. The topological polar surface area (TPSA) is 47.0 Å². The zero-order chi connectivity index (χ0) is 14.8. The number of ether oxygens (including phenoxy) is 1. The molecule has 0 bridgehead atoms. The third-order valence-corrected chi connectivity index (χ3v) is 4.15. The Bertz CT molecular complexity index is 788. The minimum absolute atomic E-state index is 0.421. The van der Waals surface area contributed by atoms with E-state index in [4.69, 9.17) is 16.3 Å². The molecule has 0 aliphatic heterocycles. The van der Waals surface area contributed by atoms with Gasteiger partial charge in [0.05, 0.1) is 5.39 Å². The van der Waals surface area contributed by atoms with Crippen LogP contribution >= 0.6 is 22.9 Å². The predicted molar refractivity (Wildman–Crippen MR) is 87.5 cm³/mol. The molecular formula is C15H14ClN3OS. The second-order valence-corrected chi connectivity index (χ2v) is 6.27. The van der Waals surface area contributed by atoms with Crippen LogP contribution in [0.5, 0.6) is 5.88 Å². The summed E-state index contributed by atoms with van der Waals surface area (Å²) in [4.78, 5) is 10.9. The molecule has 1 aromatic carbocycles. The van der Waals surface area contributed by atoms with Gasteiger partial charge in [0.2, 0.25) is 11.8 Å². The van der Waals surface area contributed by atoms with E-state index in [1.165, 1.54) is 4.88 Å². The van der Waals surface area contributed by atoms with Crippen LogP contribution in [-0.4, -0.2) is 17.0 Å². The number of thiophene rings is 1. The van der Waals surface area contributed by atoms with Crippen molar-refractivity contribution in [3.05, 3.63) is 45.8 Å². The number of fused-ring (bicyclic) bond motifs is 1. The van der Waals surface area contributed by atoms with Crippen LogP contribution in [0.1, 0.15) is 10.4 Å². The van der Waals surface area contributed by atoms with Crippen LogP contribution in [0, 0.1) is 6.92 Å². The second kappa shape index (κ2) is 5.87. The Balaban J connectivity index is 1.92. The fourth-order valence-corrected chi connectivity index (χ4v) is 3.10. The van der Waals surface area contributed by atoms with Crippen molar-refractivity contribution in [1.82, 2.24) is 9.97 Å². The number of nitrogens with zero attached hydrogens (tertiary/aromatic N) is 2. The molecule has 0 aliphatic carbocycles. The van der Waals surface area contributed by atoms with Crippen molar-refractivity contribution >= 4 is 39.1 Å². The molecule has 0 radical (unpaired) electrons. The number of hydrogen-bond donors (Lipinski definition) is 1. The maximum Gasteiger partial charge on any atom is 0.227 e. The summed E-state index contributed by atoms with van der Waals surface area (Å²) in [6.07, 6.45) is 0. The zero-order valence-corrected chi connectivity index (χ0v) is 13.3. The lowest BCUT2D eigenvalue weighted by atomic mass is 10.2. The standard InChI is InChI=1S/C15H14ClN3OS/c1-9-6-12-13(18-15(17-2)19-14(12)21-9)20-8-10-4-3-5-11(16)7-10/h3-7H,8H2,1-2H3,(H,17,18,19). The molecule has 3 aromatic rings. The van der Waals surface area contributed by atoms with Crippen LogP contribution in [-0.2, 0) is 6.61 Å². The van der Waals surface area contributed by atoms with Gasteiger partial charge in [-0.15, -0.1) is 11.3 Å². The highest BCUT2D eigenvalue weighted by Crippen LogP contribution is 2.31. The SMILES string of the molecule is CNc1nc(OCc2cccc(Cl)c2)c2cc(C)sc2n1. The van der Waals surface area contributed by atoms with Gasteiger partial charge in [-0.25, -0.2) is 4.98 Å². The molecule has 4 nitrogen and oxygen atoms in total. The fraction of sp³-hybridized carbons (Fsp3) is 0.200. The third kappa shape index (κ3) is 3.09. The lowest BCUT2D eigenvalue weighted by Gasteiger charge is -2.08. The molecular weight excluding hydrogens is 306 g/mol. The molecule has 3 rings (SSSR count). The van der Waals surface area contributed by atoms with Crippen LogP contribution in [0.4, 0.5) is 5.95 Å². The molecule has 2 heterocycles. The highest BCUT2D eigenvalue weighted by molar-refractivity contribution is 7.18. The number of anilines is 1. The first kappa shape index (κ1) is 14.1. The van der Waals surface area contributed by atoms with Crippen LogP contribution in [0.2, 0.25) is 5.02 Å². The molecule has 1 N–H and O–H groups in total. The highest BCUT2D eigenvalue weighted by Gasteiger charge is 2.11. The minimum Gasteiger partial charge on any atom is -0.472 e. The van der Waals surface area contributed by atoms with E-state index in [2.05, 4.69) is 15.3 Å². The van der Waals surface area contributed by atoms with Gasteiger partial charge in [0.1, 0.15) is 11.4 Å². The van der Waals surface area contributed by atoms with E-state index in [9.17, 15) is 0 Å². The van der Waals surface area contributed by atoms with Crippen molar-refractivity contribution in [3.63, 3.8) is 0 Å². The average Bonchev–Trinajstić information content (AvgIpc) is 2.85. The summed E-state index contributed by atoms with van der Waals surface area (Å²) in [5.41, 5.74) is 1.01. The van der Waals surface area contributed by atoms with Gasteiger partial charge in [-0.3, -0.25) is 0 Å². The van der Waals surface area contributed by atoms with Gasteiger partial charge in [-0.1, -0.05) is 23.7 Å². The summed E-state index contributed by atoms with van der Waals surface area (Å²) in [7, 11) is 1.79. The normalized spacial score (nSPS) is 10.8. The molecule has 0 spiro atoms. The first-order valence-electron chi connectivity index (χ1n) is 6.49. The van der Waals surface area contributed by atoms with Crippen LogP contribution in [0.3, 0.4) is 0 Å². The van der Waals surface area contributed by atoms with Gasteiger partial charge in [-0.05, 0) is 30.7 Å². The quantitative estimate of drug-likeness (QED) is 0.780. The van der Waals surface area contributed by atoms with Gasteiger partial charge in [0.25, 0.3) is 0 Å². The van der Waals surface area contributed by atoms with Crippen molar-refractivity contribution in [1.29, 1.82) is 0 Å². The van der Waals surface area contributed by atoms with Gasteiger partial charge in [0.15, 0.2) is 0 Å². The average molecular weight is 320 g/mol. The van der Waals surface area contributed by atoms with E-state index in [0.29, 0.717) is 23.5 Å². The second-order valence-electron chi connectivity index (χ2n) is 4.60. The number of hydrogen-bond acceptors (Lipinski definition) is 5. The Labute approximate surface area is 131 Å². The molecule has 2 aromatic heterocycles. The highest BCUT2D eigenvalue weighted by atomic mass is 35.5. The van der Waals surface area contributed by atoms with Crippen molar-refractivity contribution in [2.45, 2.75) is 13.5 Å². The molecule has 108 valence electrons. The van der Waals surface area contributed by atoms with Gasteiger partial charge >= 0.3 is 0 Å². The molecule has 0 saturated heterocycles. The number of nitrogens with one attached hydrogen (secondary N) is 1. The van der Waals surface area contributed by atoms with Crippen molar-refractivity contribution in [2.24, 2.45) is 0 Å². The Morgan fingerprint density at radius 1 is 1.29 bits per heavy atom. The molecule has 0 saturated carbocycles. The predicted octanol–water partition coefficient (Wildman–Crippen LogP) is 4.27. The van der Waals surface area contributed by atoms with Crippen LogP contribution in [0.25, 0.3) is 10.2 Å². The maximum absolute atomic E-state index is 5.98. The van der Waals surface area contributed by atoms with Gasteiger partial charge in [0, 0.05) is 16.9 Å². The summed E-state index contributed by atoms with van der Waals surface area (Å²) >= 11 is 7.61. The Morgan fingerprint density at radius 3 is 2.90 bits per heavy atom. The van der Waals surface area contributed by atoms with Crippen molar-refractivity contribution in [3.8, 4) is 5.88 Å². The molecule has 0 atom stereocenters. The van der Waals surface area contributed by atoms with Crippen LogP contribution in [0.15, 0.2) is 30.3 Å². The Morgan fingerprint density at radius 2 is 2.14 bits per heavy atom. The van der Waals surface area contributed by atoms with Gasteiger partial charge in [-0.2, -0.15) is 4.98 Å². The van der Waals surface area contributed by atoms with E-state index >= 15 is 0 Å². The van der Waals surface area contributed by atoms with E-state index in [1.807, 2.05) is 37.3 Å². The largest absolute Gasteiger partial charge is 0.472 e. The van der Waals surface area contributed by atoms with Crippen LogP contribution < -0.4 is 10.1 Å². The molecule has 0 unspecified atom stereocenters. The number of halogens is 1. The monoisotopic (exact) mass is 319 g/mol. The summed E-state index contributed by atoms with van der Waals surface area (Å²) in [5, 5.41) is 4.60. The minimum atomic E-state index is 0.421. The number of aryl methyl sites for hydroxylation is 1. The smallest absolute Gasteiger partial charge is 0.227 e. The lowest BCUT2D eigenvalue weighted by molar-refractivity contribution is 0.298. The van der Waals surface area contributed by atoms with Crippen molar-refractivity contribution in [2.75, 3.05) is 12.4 Å². The first-order chi connectivity index (χ1) is 10.2. The van der Waals surface area contributed by atoms with E-state index < -0.39 is 0 Å². The lowest BCUT2D eigenvalue weighted by Crippen LogP contribution is -2.01. The Hall–Kier alpha value is -1.85. The van der Waals surface area contributed by atoms with E-state index in [-0.39, 0.29) is 0 Å². The molecule has 0 fully saturated rings. The van der Waals surface area contributed by atoms with Crippen molar-refractivity contribution < 1.29 is 4.74 Å². The summed E-state index contributed by atoms with van der Waals surface area (Å²) < 4.78 is 5.87. The molecule has 0 aliphatic rings. The van der Waals surface area contributed by atoms with Gasteiger partial charge < -0.3 is 10.1 Å². The fourth-order valence-electron chi connectivity index (χ4n) is 2.02. The first-order valence-corrected chi connectivity index (χ1v) is 7.68. The number of benzene rings is 1. The zero-order valence-electron chi connectivity index (χ0n) is 11.7. The summed E-state index contributed by atoms with van der Waals surface area (Å²) in [6.45, 7) is 2.47. The summed E-state index contributed by atoms with van der Waals surface area (Å²) in [5.74, 6) is 1.15. The molecule has 6 heteroatoms. The summed E-state index contributed by atoms with van der Waals surface area (Å²) in [6, 6.07) is 9.66. The number of aromatic nitrogens is 2. The third-order valence-electron chi connectivity index (χ3n) is 2.97. The molecule has 0 amide bonds. The van der Waals surface area contributed by atoms with E-state index in [0.717, 1.165) is 15.8 Å². The van der Waals surface area contributed by atoms with E-state index in [1.54, 1.807) is 18.4 Å². The number of rotatable bonds is 4. The molecule has 21 heavy (non-hydrogen) atoms. The maximum atomic E-state index is 5.98.